The second-order valence-electron chi connectivity index (χ2n) is 9.01. The Labute approximate surface area is 208 Å². The summed E-state index contributed by atoms with van der Waals surface area (Å²) >= 11 is 0. The van der Waals surface area contributed by atoms with Crippen molar-refractivity contribution >= 4 is 5.69 Å². The van der Waals surface area contributed by atoms with Gasteiger partial charge >= 0.3 is 0 Å². The fourth-order valence-electron chi connectivity index (χ4n) is 2.06. The van der Waals surface area contributed by atoms with E-state index in [0.717, 1.165) is 45.4 Å². The molecule has 1 unspecified atom stereocenters. The highest BCUT2D eigenvalue weighted by Crippen LogP contribution is 2.16. The van der Waals surface area contributed by atoms with E-state index in [4.69, 9.17) is 10.5 Å². The number of nitrogens with zero attached hydrogens (tertiary/aromatic N) is 2. The van der Waals surface area contributed by atoms with E-state index < -0.39 is 0 Å². The third kappa shape index (κ3) is 14.5. The number of nitrogens with one attached hydrogen (secondary N) is 1. The molecule has 34 heavy (non-hydrogen) atoms. The van der Waals surface area contributed by atoms with Crippen LogP contribution in [-0.2, 0) is 0 Å². The zero-order chi connectivity index (χ0) is 26.8. The Morgan fingerprint density at radius 2 is 1.29 bits per heavy atom. The Bertz CT molecular complexity index is 966. The molecule has 0 bridgehead atoms. The van der Waals surface area contributed by atoms with Crippen LogP contribution in [0.1, 0.15) is 69.4 Å². The average Bonchev–Trinajstić information content (AvgIpc) is 2.78. The van der Waals surface area contributed by atoms with Crippen LogP contribution in [0.15, 0.2) is 61.3 Å². The van der Waals surface area contributed by atoms with E-state index in [-0.39, 0.29) is 6.04 Å². The maximum Gasteiger partial charge on any atom is 0.0995 e. The number of hydrogen-bond acceptors (Lipinski definition) is 4. The van der Waals surface area contributed by atoms with Crippen LogP contribution in [0.3, 0.4) is 0 Å². The normalized spacial score (nSPS) is 10.0. The van der Waals surface area contributed by atoms with Crippen molar-refractivity contribution in [1.82, 2.24) is 0 Å². The van der Waals surface area contributed by atoms with E-state index >= 15 is 0 Å². The molecule has 0 heterocycles. The zero-order valence-electron chi connectivity index (χ0n) is 22.7. The molecule has 0 radical (unpaired) electrons. The number of hydrogen-bond donors (Lipinski definition) is 2. The number of aryl methyl sites for hydroxylation is 3. The van der Waals surface area contributed by atoms with Gasteiger partial charge in [-0.2, -0.15) is 10.5 Å². The smallest absolute Gasteiger partial charge is 0.0995 e. The van der Waals surface area contributed by atoms with Crippen LogP contribution < -0.4 is 11.1 Å². The van der Waals surface area contributed by atoms with Gasteiger partial charge in [0.05, 0.1) is 23.3 Å². The van der Waals surface area contributed by atoms with Crippen molar-refractivity contribution in [2.75, 3.05) is 5.32 Å². The molecule has 0 aromatic heterocycles. The summed E-state index contributed by atoms with van der Waals surface area (Å²) in [4.78, 5) is 0. The average molecular weight is 461 g/mol. The second kappa shape index (κ2) is 18.0. The predicted octanol–water partition coefficient (Wildman–Crippen LogP) is 7.81. The van der Waals surface area contributed by atoms with Crippen LogP contribution >= 0.6 is 0 Å². The van der Waals surface area contributed by atoms with E-state index in [1.165, 1.54) is 6.20 Å². The minimum Gasteiger partial charge on any atom is -0.405 e. The van der Waals surface area contributed by atoms with E-state index in [1.54, 1.807) is 0 Å². The van der Waals surface area contributed by atoms with E-state index in [2.05, 4.69) is 64.0 Å². The first-order chi connectivity index (χ1) is 15.8. The van der Waals surface area contributed by atoms with Crippen molar-refractivity contribution in [3.05, 3.63) is 89.1 Å². The molecule has 0 saturated heterocycles. The van der Waals surface area contributed by atoms with Crippen LogP contribution in [0.5, 0.6) is 0 Å². The van der Waals surface area contributed by atoms with Crippen LogP contribution in [0, 0.1) is 55.3 Å². The number of anilines is 1. The highest BCUT2D eigenvalue weighted by molar-refractivity contribution is 5.53. The Morgan fingerprint density at radius 3 is 1.65 bits per heavy atom. The molecular formula is C30H44N4. The van der Waals surface area contributed by atoms with Crippen molar-refractivity contribution in [2.45, 2.75) is 68.4 Å². The molecule has 4 heteroatoms. The first-order valence-electron chi connectivity index (χ1n) is 11.6. The lowest BCUT2D eigenvalue weighted by atomic mass is 10.0. The number of nitriles is 2. The minimum atomic E-state index is 0.222. The van der Waals surface area contributed by atoms with Crippen LogP contribution in [0.25, 0.3) is 0 Å². The Balaban J connectivity index is 0. The largest absolute Gasteiger partial charge is 0.405 e. The Morgan fingerprint density at radius 1 is 0.882 bits per heavy atom. The van der Waals surface area contributed by atoms with Crippen molar-refractivity contribution in [3.8, 4) is 12.1 Å². The van der Waals surface area contributed by atoms with Crippen LogP contribution in [0.2, 0.25) is 0 Å². The SMILES string of the molecule is C=C(C)C(C)Nc1ccc(C)c(C#N)c1.C=CN.CC(C)C(C)C.Cc1ccc(C)c(C#N)c1. The molecule has 0 fully saturated rings. The highest BCUT2D eigenvalue weighted by Gasteiger charge is 2.04. The van der Waals surface area contributed by atoms with Crippen molar-refractivity contribution in [1.29, 1.82) is 10.5 Å². The molecule has 184 valence electrons. The molecule has 4 nitrogen and oxygen atoms in total. The van der Waals surface area contributed by atoms with Gasteiger partial charge in [-0.25, -0.2) is 0 Å². The minimum absolute atomic E-state index is 0.222. The van der Waals surface area contributed by atoms with E-state index in [1.807, 2.05) is 71.0 Å². The fraction of sp³-hybridized carbons (Fsp3) is 0.400. The van der Waals surface area contributed by atoms with Gasteiger partial charge in [-0.1, -0.05) is 64.6 Å². The van der Waals surface area contributed by atoms with Crippen molar-refractivity contribution in [2.24, 2.45) is 17.6 Å². The third-order valence-corrected chi connectivity index (χ3v) is 5.33. The van der Waals surface area contributed by atoms with Gasteiger partial charge in [0.1, 0.15) is 0 Å². The van der Waals surface area contributed by atoms with Gasteiger partial charge in [0.25, 0.3) is 0 Å². The monoisotopic (exact) mass is 460 g/mol. The van der Waals surface area contributed by atoms with Gasteiger partial charge in [-0.3, -0.25) is 0 Å². The summed E-state index contributed by atoms with van der Waals surface area (Å²) in [7, 11) is 0. The Hall–Kier alpha value is -3.50. The standard InChI is InChI=1S/C13H16N2.C9H9N.C6H14.C2H5N/c1-9(2)11(4)15-13-6-5-10(3)12(7-13)8-14;1-7-3-4-8(2)9(5-7)6-10;1-5(2)6(3)4;1-2-3/h5-7,11,15H,1H2,2-4H3;3-5H,1-2H3;5-6H,1-4H3;2H,1,3H2. The molecule has 0 saturated carbocycles. The van der Waals surface area contributed by atoms with Gasteiger partial charge in [0.15, 0.2) is 0 Å². The summed E-state index contributed by atoms with van der Waals surface area (Å²) in [6.45, 7) is 25.9. The molecule has 3 N–H and O–H groups in total. The van der Waals surface area contributed by atoms with Gasteiger partial charge in [-0.05, 0) is 87.5 Å². The summed E-state index contributed by atoms with van der Waals surface area (Å²) in [5, 5.41) is 20.8. The number of rotatable bonds is 4. The van der Waals surface area contributed by atoms with Gasteiger partial charge < -0.3 is 11.1 Å². The van der Waals surface area contributed by atoms with Crippen LogP contribution in [-0.4, -0.2) is 6.04 Å². The summed E-state index contributed by atoms with van der Waals surface area (Å²) in [6.07, 6.45) is 1.25. The molecule has 1 atom stereocenters. The highest BCUT2D eigenvalue weighted by atomic mass is 14.9. The first kappa shape index (κ1) is 32.7. The Kier molecular flexibility index (Phi) is 17.3. The lowest BCUT2D eigenvalue weighted by Crippen LogP contribution is -2.15. The molecule has 0 amide bonds. The van der Waals surface area contributed by atoms with Crippen LogP contribution in [0.4, 0.5) is 5.69 Å². The molecule has 0 aliphatic heterocycles. The van der Waals surface area contributed by atoms with Gasteiger partial charge in [-0.15, -0.1) is 0 Å². The maximum absolute atomic E-state index is 8.89. The lowest BCUT2D eigenvalue weighted by Gasteiger charge is -2.15. The number of nitrogens with two attached hydrogens (primary N) is 1. The van der Waals surface area contributed by atoms with Gasteiger partial charge in [0, 0.05) is 11.7 Å². The van der Waals surface area contributed by atoms with E-state index in [9.17, 15) is 0 Å². The second-order valence-corrected chi connectivity index (χ2v) is 9.01. The molecule has 2 aromatic rings. The molecule has 0 aliphatic rings. The molecule has 0 spiro atoms. The van der Waals surface area contributed by atoms with Crippen molar-refractivity contribution in [3.63, 3.8) is 0 Å². The summed E-state index contributed by atoms with van der Waals surface area (Å²) in [6, 6.07) is 16.2. The van der Waals surface area contributed by atoms with Gasteiger partial charge in [0.2, 0.25) is 0 Å². The third-order valence-electron chi connectivity index (χ3n) is 5.33. The topological polar surface area (TPSA) is 85.6 Å². The lowest BCUT2D eigenvalue weighted by molar-refractivity contribution is 0.457. The first-order valence-corrected chi connectivity index (χ1v) is 11.6. The van der Waals surface area contributed by atoms with Crippen molar-refractivity contribution < 1.29 is 0 Å². The summed E-state index contributed by atoms with van der Waals surface area (Å²) in [5.41, 5.74) is 11.3. The molecule has 0 aliphatic carbocycles. The number of benzene rings is 2. The predicted molar refractivity (Wildman–Crippen MR) is 148 cm³/mol. The molecular weight excluding hydrogens is 416 g/mol. The molecule has 2 aromatic carbocycles. The molecule has 2 rings (SSSR count). The summed E-state index contributed by atoms with van der Waals surface area (Å²) in [5.74, 6) is 1.70. The zero-order valence-corrected chi connectivity index (χ0v) is 22.7. The quantitative estimate of drug-likeness (QED) is 0.456. The van der Waals surface area contributed by atoms with E-state index in [0.29, 0.717) is 5.56 Å². The fourth-order valence-corrected chi connectivity index (χ4v) is 2.06. The maximum atomic E-state index is 8.89. The summed E-state index contributed by atoms with van der Waals surface area (Å²) < 4.78 is 0.